The first-order valence-electron chi connectivity index (χ1n) is 7.24. The molecule has 0 spiro atoms. The zero-order valence-corrected chi connectivity index (χ0v) is 16.3. The molecule has 1 rings (SSSR count). The van der Waals surface area contributed by atoms with Crippen molar-refractivity contribution in [2.45, 2.75) is 6.92 Å². The molecule has 1 aromatic carbocycles. The molecule has 0 saturated carbocycles. The SMILES string of the molecule is CCNC(=NCC(=O)N(C)C)NCCOc1ccc(F)cc1F.I. The largest absolute Gasteiger partial charge is 0.489 e. The molecule has 0 heterocycles. The number of hydrogen-bond acceptors (Lipinski definition) is 3. The lowest BCUT2D eigenvalue weighted by atomic mass is 10.3. The minimum atomic E-state index is -0.748. The van der Waals surface area contributed by atoms with E-state index in [1.54, 1.807) is 14.1 Å². The van der Waals surface area contributed by atoms with Crippen molar-refractivity contribution in [1.29, 1.82) is 0 Å². The van der Waals surface area contributed by atoms with Gasteiger partial charge in [0.2, 0.25) is 5.91 Å². The molecule has 0 saturated heterocycles. The van der Waals surface area contributed by atoms with Crippen LogP contribution in [0.15, 0.2) is 23.2 Å². The fourth-order valence-electron chi connectivity index (χ4n) is 1.55. The number of carbonyl (C=O) groups is 1. The molecule has 9 heteroatoms. The van der Waals surface area contributed by atoms with Crippen LogP contribution in [0.25, 0.3) is 0 Å². The van der Waals surface area contributed by atoms with Crippen LogP contribution >= 0.6 is 24.0 Å². The van der Waals surface area contributed by atoms with Gasteiger partial charge in [0.1, 0.15) is 19.0 Å². The van der Waals surface area contributed by atoms with Crippen molar-refractivity contribution in [2.24, 2.45) is 4.99 Å². The molecule has 1 aromatic rings. The monoisotopic (exact) mass is 456 g/mol. The molecule has 0 radical (unpaired) electrons. The summed E-state index contributed by atoms with van der Waals surface area (Å²) in [5, 5.41) is 5.95. The van der Waals surface area contributed by atoms with Gasteiger partial charge in [0.15, 0.2) is 17.5 Å². The van der Waals surface area contributed by atoms with Crippen molar-refractivity contribution in [1.82, 2.24) is 15.5 Å². The van der Waals surface area contributed by atoms with Crippen LogP contribution in [0.4, 0.5) is 8.78 Å². The molecular formula is C15H23F2IN4O2. The summed E-state index contributed by atoms with van der Waals surface area (Å²) in [6, 6.07) is 3.13. The van der Waals surface area contributed by atoms with Gasteiger partial charge in [-0.1, -0.05) is 0 Å². The maximum absolute atomic E-state index is 13.4. The third kappa shape index (κ3) is 8.27. The minimum Gasteiger partial charge on any atom is -0.489 e. The molecule has 0 aliphatic heterocycles. The number of nitrogens with one attached hydrogen (secondary N) is 2. The quantitative estimate of drug-likeness (QED) is 0.283. The second kappa shape index (κ2) is 11.8. The van der Waals surface area contributed by atoms with Gasteiger partial charge in [-0.3, -0.25) is 4.79 Å². The van der Waals surface area contributed by atoms with Crippen molar-refractivity contribution in [3.63, 3.8) is 0 Å². The van der Waals surface area contributed by atoms with E-state index in [4.69, 9.17) is 4.74 Å². The number of halogens is 3. The number of rotatable bonds is 7. The van der Waals surface area contributed by atoms with Gasteiger partial charge >= 0.3 is 0 Å². The fraction of sp³-hybridized carbons (Fsp3) is 0.467. The average Bonchev–Trinajstić information content (AvgIpc) is 2.50. The Morgan fingerprint density at radius 3 is 2.58 bits per heavy atom. The van der Waals surface area contributed by atoms with E-state index in [0.29, 0.717) is 19.0 Å². The van der Waals surface area contributed by atoms with E-state index >= 15 is 0 Å². The summed E-state index contributed by atoms with van der Waals surface area (Å²) < 4.78 is 31.4. The number of benzene rings is 1. The van der Waals surface area contributed by atoms with Crippen LogP contribution in [0.3, 0.4) is 0 Å². The third-order valence-corrected chi connectivity index (χ3v) is 2.76. The van der Waals surface area contributed by atoms with Crippen LogP contribution in [0, 0.1) is 11.6 Å². The summed E-state index contributed by atoms with van der Waals surface area (Å²) in [5.41, 5.74) is 0. The molecule has 0 aliphatic carbocycles. The predicted molar refractivity (Wildman–Crippen MR) is 99.9 cm³/mol. The molecule has 0 fully saturated rings. The van der Waals surface area contributed by atoms with Crippen molar-refractivity contribution >= 4 is 35.8 Å². The van der Waals surface area contributed by atoms with Gasteiger partial charge in [0.25, 0.3) is 0 Å². The molecule has 0 aromatic heterocycles. The van der Waals surface area contributed by atoms with Gasteiger partial charge in [-0.25, -0.2) is 13.8 Å². The molecule has 24 heavy (non-hydrogen) atoms. The van der Waals surface area contributed by atoms with Gasteiger partial charge in [0.05, 0.1) is 6.54 Å². The van der Waals surface area contributed by atoms with E-state index in [2.05, 4.69) is 15.6 Å². The maximum atomic E-state index is 13.4. The normalized spacial score (nSPS) is 10.6. The Balaban J connectivity index is 0.00000529. The summed E-state index contributed by atoms with van der Waals surface area (Å²) in [5.74, 6) is -1.07. The Morgan fingerprint density at radius 2 is 2.00 bits per heavy atom. The van der Waals surface area contributed by atoms with E-state index in [1.165, 1.54) is 11.0 Å². The number of likely N-dealkylation sites (N-methyl/N-ethyl adjacent to an activating group) is 1. The van der Waals surface area contributed by atoms with E-state index < -0.39 is 11.6 Å². The van der Waals surface area contributed by atoms with Crippen molar-refractivity contribution in [2.75, 3.05) is 40.3 Å². The van der Waals surface area contributed by atoms with Gasteiger partial charge < -0.3 is 20.3 Å². The number of guanidine groups is 1. The lowest BCUT2D eigenvalue weighted by Gasteiger charge is -2.13. The second-order valence-electron chi connectivity index (χ2n) is 4.83. The Labute approximate surface area is 157 Å². The van der Waals surface area contributed by atoms with Crippen molar-refractivity contribution in [3.8, 4) is 5.75 Å². The highest BCUT2D eigenvalue weighted by molar-refractivity contribution is 14.0. The molecule has 6 nitrogen and oxygen atoms in total. The molecule has 1 amide bonds. The molecule has 0 aliphatic rings. The number of nitrogens with zero attached hydrogens (tertiary/aromatic N) is 2. The molecular weight excluding hydrogens is 433 g/mol. The highest BCUT2D eigenvalue weighted by atomic mass is 127. The first-order chi connectivity index (χ1) is 10.9. The van der Waals surface area contributed by atoms with E-state index in [-0.39, 0.29) is 48.8 Å². The topological polar surface area (TPSA) is 66.0 Å². The predicted octanol–water partition coefficient (Wildman–Crippen LogP) is 1.60. The lowest BCUT2D eigenvalue weighted by molar-refractivity contribution is -0.127. The lowest BCUT2D eigenvalue weighted by Crippen LogP contribution is -2.40. The smallest absolute Gasteiger partial charge is 0.243 e. The summed E-state index contributed by atoms with van der Waals surface area (Å²) >= 11 is 0. The first kappa shape index (κ1) is 22.4. The van der Waals surface area contributed by atoms with Crippen LogP contribution < -0.4 is 15.4 Å². The molecule has 136 valence electrons. The Hall–Kier alpha value is -1.65. The number of hydrogen-bond donors (Lipinski definition) is 2. The molecule has 2 N–H and O–H groups in total. The van der Waals surface area contributed by atoms with E-state index in [9.17, 15) is 13.6 Å². The van der Waals surface area contributed by atoms with E-state index in [0.717, 1.165) is 12.1 Å². The van der Waals surface area contributed by atoms with Crippen LogP contribution in [-0.2, 0) is 4.79 Å². The van der Waals surface area contributed by atoms with Gasteiger partial charge in [-0.05, 0) is 19.1 Å². The maximum Gasteiger partial charge on any atom is 0.243 e. The highest BCUT2D eigenvalue weighted by Crippen LogP contribution is 2.17. The van der Waals surface area contributed by atoms with Crippen LogP contribution in [-0.4, -0.2) is 57.1 Å². The summed E-state index contributed by atoms with van der Waals surface area (Å²) in [6.45, 7) is 3.06. The molecule has 0 bridgehead atoms. The van der Waals surface area contributed by atoms with Gasteiger partial charge in [-0.15, -0.1) is 24.0 Å². The first-order valence-corrected chi connectivity index (χ1v) is 7.24. The van der Waals surface area contributed by atoms with Crippen molar-refractivity contribution < 1.29 is 18.3 Å². The van der Waals surface area contributed by atoms with Crippen LogP contribution in [0.5, 0.6) is 5.75 Å². The van der Waals surface area contributed by atoms with Gasteiger partial charge in [0, 0.05) is 26.7 Å². The van der Waals surface area contributed by atoms with Crippen LogP contribution in [0.1, 0.15) is 6.92 Å². The highest BCUT2D eigenvalue weighted by Gasteiger charge is 2.06. The Bertz CT molecular complexity index is 556. The summed E-state index contributed by atoms with van der Waals surface area (Å²) in [7, 11) is 3.31. The summed E-state index contributed by atoms with van der Waals surface area (Å²) in [6.07, 6.45) is 0. The third-order valence-electron chi connectivity index (χ3n) is 2.76. The molecule has 0 atom stereocenters. The standard InChI is InChI=1S/C15H22F2N4O2.HI/c1-4-18-15(20-10-14(22)21(2)3)19-7-8-23-13-6-5-11(16)9-12(13)17;/h5-6,9H,4,7-8,10H2,1-3H3,(H2,18,19,20);1H. The van der Waals surface area contributed by atoms with Gasteiger partial charge in [-0.2, -0.15) is 0 Å². The number of ether oxygens (including phenoxy) is 1. The Kier molecular flexibility index (Phi) is 11.0. The number of aliphatic imine (C=N–C) groups is 1. The number of amides is 1. The number of carbonyl (C=O) groups excluding carboxylic acids is 1. The fourth-order valence-corrected chi connectivity index (χ4v) is 1.55. The van der Waals surface area contributed by atoms with Crippen molar-refractivity contribution in [3.05, 3.63) is 29.8 Å². The van der Waals surface area contributed by atoms with Crippen LogP contribution in [0.2, 0.25) is 0 Å². The zero-order chi connectivity index (χ0) is 17.2. The average molecular weight is 456 g/mol. The minimum absolute atomic E-state index is 0. The second-order valence-corrected chi connectivity index (χ2v) is 4.83. The summed E-state index contributed by atoms with van der Waals surface area (Å²) in [4.78, 5) is 17.1. The molecule has 0 unspecified atom stereocenters. The Morgan fingerprint density at radius 1 is 1.29 bits per heavy atom. The van der Waals surface area contributed by atoms with E-state index in [1.807, 2.05) is 6.92 Å². The zero-order valence-electron chi connectivity index (χ0n) is 13.9.